The molecule has 25 heavy (non-hydrogen) atoms. The molecule has 0 N–H and O–H groups in total. The molecule has 2 fully saturated rings. The van der Waals surface area contributed by atoms with Gasteiger partial charge in [0.2, 0.25) is 5.91 Å². The number of carbonyl (C=O) groups excluding carboxylic acids is 2. The maximum Gasteiger partial charge on any atom is 0.257 e. The number of nitrogens with zero attached hydrogens (tertiary/aromatic N) is 2. The zero-order valence-electron chi connectivity index (χ0n) is 14.1. The van der Waals surface area contributed by atoms with Crippen LogP contribution < -0.4 is 0 Å². The minimum atomic E-state index is -0.00280. The standard InChI is InChI=1S/C19H22N2O3S/c22-18(15-5-10-24-12-15)20-8-3-14(4-9-20)19(23)21-7-1-2-17(21)16-6-11-25-13-16/h5-6,10-14,17H,1-4,7-9H2. The van der Waals surface area contributed by atoms with Crippen LogP contribution in [0.1, 0.15) is 47.6 Å². The molecule has 2 saturated heterocycles. The molecule has 1 unspecified atom stereocenters. The third-order valence-electron chi connectivity index (χ3n) is 5.36. The van der Waals surface area contributed by atoms with Crippen LogP contribution in [0, 0.1) is 5.92 Å². The van der Waals surface area contributed by atoms with E-state index in [1.807, 2.05) is 4.90 Å². The molecule has 0 bridgehead atoms. The van der Waals surface area contributed by atoms with E-state index in [0.717, 1.165) is 32.2 Å². The molecule has 4 rings (SSSR count). The van der Waals surface area contributed by atoms with Crippen molar-refractivity contribution in [2.75, 3.05) is 19.6 Å². The smallest absolute Gasteiger partial charge is 0.257 e. The van der Waals surface area contributed by atoms with Crippen molar-refractivity contribution in [2.45, 2.75) is 31.7 Å². The average molecular weight is 358 g/mol. The second-order valence-corrected chi connectivity index (χ2v) is 7.60. The van der Waals surface area contributed by atoms with Crippen LogP contribution in [0.15, 0.2) is 39.8 Å². The first-order chi connectivity index (χ1) is 12.2. The Bertz CT molecular complexity index is 718. The normalized spacial score (nSPS) is 21.7. The number of carbonyl (C=O) groups is 2. The van der Waals surface area contributed by atoms with Gasteiger partial charge >= 0.3 is 0 Å². The van der Waals surface area contributed by atoms with E-state index in [1.54, 1.807) is 17.4 Å². The van der Waals surface area contributed by atoms with E-state index in [9.17, 15) is 9.59 Å². The van der Waals surface area contributed by atoms with E-state index in [4.69, 9.17) is 4.42 Å². The molecule has 0 spiro atoms. The number of thiophene rings is 1. The van der Waals surface area contributed by atoms with Crippen molar-refractivity contribution in [3.8, 4) is 0 Å². The third-order valence-corrected chi connectivity index (χ3v) is 6.06. The number of piperidine rings is 1. The lowest BCUT2D eigenvalue weighted by atomic mass is 9.94. The quantitative estimate of drug-likeness (QED) is 0.843. The van der Waals surface area contributed by atoms with Gasteiger partial charge in [0.25, 0.3) is 5.91 Å². The summed E-state index contributed by atoms with van der Waals surface area (Å²) in [5, 5.41) is 4.23. The van der Waals surface area contributed by atoms with Crippen molar-refractivity contribution in [3.63, 3.8) is 0 Å². The van der Waals surface area contributed by atoms with E-state index in [2.05, 4.69) is 21.7 Å². The van der Waals surface area contributed by atoms with E-state index in [0.29, 0.717) is 18.7 Å². The van der Waals surface area contributed by atoms with E-state index in [1.165, 1.54) is 18.1 Å². The first kappa shape index (κ1) is 16.4. The summed E-state index contributed by atoms with van der Waals surface area (Å²) in [6.45, 7) is 2.13. The highest BCUT2D eigenvalue weighted by atomic mass is 32.1. The van der Waals surface area contributed by atoms with E-state index < -0.39 is 0 Å². The molecule has 2 aliphatic rings. The third kappa shape index (κ3) is 3.23. The Labute approximate surface area is 151 Å². The molecule has 0 saturated carbocycles. The van der Waals surface area contributed by atoms with Gasteiger partial charge in [-0.05, 0) is 54.1 Å². The van der Waals surface area contributed by atoms with Gasteiger partial charge in [-0.3, -0.25) is 9.59 Å². The van der Waals surface area contributed by atoms with Crippen LogP contribution >= 0.6 is 11.3 Å². The summed E-state index contributed by atoms with van der Waals surface area (Å²) < 4.78 is 4.99. The summed E-state index contributed by atoms with van der Waals surface area (Å²) in [4.78, 5) is 29.3. The lowest BCUT2D eigenvalue weighted by Crippen LogP contribution is -2.44. The first-order valence-corrected chi connectivity index (χ1v) is 9.82. The van der Waals surface area contributed by atoms with Crippen LogP contribution in [0.5, 0.6) is 0 Å². The lowest BCUT2D eigenvalue weighted by Gasteiger charge is -2.34. The van der Waals surface area contributed by atoms with Gasteiger partial charge in [0.05, 0.1) is 17.9 Å². The molecule has 4 heterocycles. The molecular formula is C19H22N2O3S. The molecule has 1 atom stereocenters. The summed E-state index contributed by atoms with van der Waals surface area (Å²) in [6.07, 6.45) is 6.62. The number of furan rings is 1. The molecule has 0 radical (unpaired) electrons. The summed E-state index contributed by atoms with van der Waals surface area (Å²) in [5.41, 5.74) is 1.85. The van der Waals surface area contributed by atoms with Crippen LogP contribution in [-0.4, -0.2) is 41.2 Å². The molecule has 6 heteroatoms. The van der Waals surface area contributed by atoms with Gasteiger partial charge in [-0.2, -0.15) is 11.3 Å². The van der Waals surface area contributed by atoms with Crippen LogP contribution in [0.25, 0.3) is 0 Å². The molecule has 2 amide bonds. The van der Waals surface area contributed by atoms with Gasteiger partial charge in [-0.25, -0.2) is 0 Å². The van der Waals surface area contributed by atoms with Gasteiger partial charge in [0.1, 0.15) is 6.26 Å². The maximum absolute atomic E-state index is 13.0. The molecule has 0 aliphatic carbocycles. The highest BCUT2D eigenvalue weighted by Crippen LogP contribution is 2.35. The molecule has 2 aromatic heterocycles. The van der Waals surface area contributed by atoms with Crippen LogP contribution in [0.2, 0.25) is 0 Å². The summed E-state index contributed by atoms with van der Waals surface area (Å²) in [6, 6.07) is 4.06. The zero-order valence-corrected chi connectivity index (χ0v) is 14.9. The van der Waals surface area contributed by atoms with Crippen molar-refractivity contribution in [2.24, 2.45) is 5.92 Å². The zero-order chi connectivity index (χ0) is 17.2. The fourth-order valence-electron chi connectivity index (χ4n) is 3.97. The number of likely N-dealkylation sites (tertiary alicyclic amines) is 2. The highest BCUT2D eigenvalue weighted by Gasteiger charge is 2.36. The highest BCUT2D eigenvalue weighted by molar-refractivity contribution is 7.08. The molecule has 2 aromatic rings. The Morgan fingerprint density at radius 2 is 1.96 bits per heavy atom. The number of hydrogen-bond donors (Lipinski definition) is 0. The van der Waals surface area contributed by atoms with Crippen molar-refractivity contribution in [1.29, 1.82) is 0 Å². The van der Waals surface area contributed by atoms with Gasteiger partial charge in [-0.15, -0.1) is 0 Å². The Morgan fingerprint density at radius 1 is 1.12 bits per heavy atom. The summed E-state index contributed by atoms with van der Waals surface area (Å²) in [7, 11) is 0. The van der Waals surface area contributed by atoms with Crippen LogP contribution in [-0.2, 0) is 4.79 Å². The molecular weight excluding hydrogens is 336 g/mol. The molecule has 5 nitrogen and oxygen atoms in total. The SMILES string of the molecule is O=C(c1ccoc1)N1CCC(C(=O)N2CCCC2c2ccsc2)CC1. The van der Waals surface area contributed by atoms with Gasteiger partial charge < -0.3 is 14.2 Å². The molecule has 0 aromatic carbocycles. The van der Waals surface area contributed by atoms with E-state index in [-0.39, 0.29) is 23.8 Å². The molecule has 2 aliphatic heterocycles. The van der Waals surface area contributed by atoms with E-state index >= 15 is 0 Å². The average Bonchev–Trinajstić information content (AvgIpc) is 3.42. The largest absolute Gasteiger partial charge is 0.472 e. The summed E-state index contributed by atoms with van der Waals surface area (Å²) in [5.74, 6) is 0.300. The van der Waals surface area contributed by atoms with Crippen molar-refractivity contribution in [1.82, 2.24) is 9.80 Å². The minimum absolute atomic E-state index is 0.00280. The molecule has 132 valence electrons. The number of hydrogen-bond acceptors (Lipinski definition) is 4. The predicted octanol–water partition coefficient (Wildman–Crippen LogP) is 3.56. The Morgan fingerprint density at radius 3 is 2.64 bits per heavy atom. The Kier molecular flexibility index (Phi) is 4.61. The summed E-state index contributed by atoms with van der Waals surface area (Å²) >= 11 is 1.69. The van der Waals surface area contributed by atoms with Gasteiger partial charge in [0.15, 0.2) is 0 Å². The van der Waals surface area contributed by atoms with Crippen LogP contribution in [0.3, 0.4) is 0 Å². The fourth-order valence-corrected chi connectivity index (χ4v) is 4.68. The first-order valence-electron chi connectivity index (χ1n) is 8.88. The van der Waals surface area contributed by atoms with Gasteiger partial charge in [-0.1, -0.05) is 0 Å². The maximum atomic E-state index is 13.0. The second-order valence-electron chi connectivity index (χ2n) is 6.82. The van der Waals surface area contributed by atoms with Crippen LogP contribution in [0.4, 0.5) is 0 Å². The second kappa shape index (κ2) is 7.04. The minimum Gasteiger partial charge on any atom is -0.472 e. The Balaban J connectivity index is 1.37. The number of rotatable bonds is 3. The lowest BCUT2D eigenvalue weighted by molar-refractivity contribution is -0.137. The monoisotopic (exact) mass is 358 g/mol. The predicted molar refractivity (Wildman–Crippen MR) is 95.3 cm³/mol. The van der Waals surface area contributed by atoms with Crippen molar-refractivity contribution in [3.05, 3.63) is 46.5 Å². The van der Waals surface area contributed by atoms with Gasteiger partial charge in [0, 0.05) is 25.6 Å². The van der Waals surface area contributed by atoms with Crippen molar-refractivity contribution >= 4 is 23.2 Å². The number of amides is 2. The fraction of sp³-hybridized carbons (Fsp3) is 0.474. The topological polar surface area (TPSA) is 53.8 Å². The van der Waals surface area contributed by atoms with Crippen molar-refractivity contribution < 1.29 is 14.0 Å². The Hall–Kier alpha value is -2.08.